The number of benzene rings is 1. The van der Waals surface area contributed by atoms with Gasteiger partial charge in [0.05, 0.1) is 18.3 Å². The minimum Gasteiger partial charge on any atom is -0.323 e. The van der Waals surface area contributed by atoms with Crippen molar-refractivity contribution in [2.24, 2.45) is 0 Å². The number of hydrogen-bond donors (Lipinski definition) is 1. The van der Waals surface area contributed by atoms with E-state index in [4.69, 9.17) is 11.6 Å². The lowest BCUT2D eigenvalue weighted by molar-refractivity contribution is -0.120. The number of amides is 2. The summed E-state index contributed by atoms with van der Waals surface area (Å²) in [4.78, 5) is 29.4. The Morgan fingerprint density at radius 2 is 2.24 bits per heavy atom. The van der Waals surface area contributed by atoms with Gasteiger partial charge in [0.25, 0.3) is 0 Å². The van der Waals surface area contributed by atoms with Gasteiger partial charge in [-0.05, 0) is 35.9 Å². The molecule has 0 unspecified atom stereocenters. The number of pyridine rings is 1. The molecule has 106 valence electrons. The second kappa shape index (κ2) is 5.54. The van der Waals surface area contributed by atoms with Crippen LogP contribution in [0.3, 0.4) is 0 Å². The Hall–Kier alpha value is -2.40. The summed E-state index contributed by atoms with van der Waals surface area (Å²) in [5.41, 5.74) is 2.19. The molecular formula is C15H12ClN3O2. The zero-order valence-electron chi connectivity index (χ0n) is 11.0. The largest absolute Gasteiger partial charge is 0.323 e. The van der Waals surface area contributed by atoms with Crippen LogP contribution in [0, 0.1) is 0 Å². The molecule has 21 heavy (non-hydrogen) atoms. The van der Waals surface area contributed by atoms with Crippen LogP contribution in [-0.4, -0.2) is 23.3 Å². The number of anilines is 2. The Bertz CT molecular complexity index is 703. The molecule has 2 amide bonds. The fourth-order valence-electron chi connectivity index (χ4n) is 2.31. The van der Waals surface area contributed by atoms with E-state index in [0.717, 1.165) is 11.3 Å². The molecule has 1 N–H and O–H groups in total. The summed E-state index contributed by atoms with van der Waals surface area (Å²) in [6, 6.07) is 8.71. The molecule has 2 aromatic rings. The van der Waals surface area contributed by atoms with E-state index < -0.39 is 0 Å². The van der Waals surface area contributed by atoms with Gasteiger partial charge in [-0.15, -0.1) is 0 Å². The van der Waals surface area contributed by atoms with Crippen LogP contribution in [0.4, 0.5) is 11.4 Å². The van der Waals surface area contributed by atoms with Crippen LogP contribution < -0.4 is 10.2 Å². The van der Waals surface area contributed by atoms with Crippen LogP contribution in [0.2, 0.25) is 5.02 Å². The number of aromatic nitrogens is 1. The number of hydrogen-bond acceptors (Lipinski definition) is 3. The number of fused-ring (bicyclic) bond motifs is 1. The molecule has 1 aliphatic rings. The van der Waals surface area contributed by atoms with Gasteiger partial charge in [0.1, 0.15) is 6.54 Å². The summed E-state index contributed by atoms with van der Waals surface area (Å²) in [5, 5.41) is 3.30. The van der Waals surface area contributed by atoms with E-state index in [2.05, 4.69) is 10.3 Å². The van der Waals surface area contributed by atoms with Crippen molar-refractivity contribution in [1.82, 2.24) is 4.98 Å². The Morgan fingerprint density at radius 3 is 3.00 bits per heavy atom. The van der Waals surface area contributed by atoms with E-state index in [1.165, 1.54) is 4.90 Å². The third-order valence-electron chi connectivity index (χ3n) is 3.22. The van der Waals surface area contributed by atoms with Gasteiger partial charge in [0.2, 0.25) is 11.8 Å². The zero-order valence-corrected chi connectivity index (χ0v) is 11.8. The van der Waals surface area contributed by atoms with Gasteiger partial charge >= 0.3 is 0 Å². The number of carbonyl (C=O) groups is 2. The molecule has 0 fully saturated rings. The van der Waals surface area contributed by atoms with E-state index in [1.807, 2.05) is 0 Å². The monoisotopic (exact) mass is 301 g/mol. The second-order valence-corrected chi connectivity index (χ2v) is 5.16. The normalized spacial score (nSPS) is 13.2. The lowest BCUT2D eigenvalue weighted by Crippen LogP contribution is -2.35. The van der Waals surface area contributed by atoms with Gasteiger partial charge in [-0.2, -0.15) is 0 Å². The quantitative estimate of drug-likeness (QED) is 0.946. The average molecular weight is 302 g/mol. The summed E-state index contributed by atoms with van der Waals surface area (Å²) in [7, 11) is 0. The van der Waals surface area contributed by atoms with Crippen molar-refractivity contribution in [3.63, 3.8) is 0 Å². The molecule has 5 nitrogen and oxygen atoms in total. The first-order valence-corrected chi connectivity index (χ1v) is 6.80. The molecule has 0 radical (unpaired) electrons. The molecule has 2 heterocycles. The Labute approximate surface area is 126 Å². The predicted octanol–water partition coefficient (Wildman–Crippen LogP) is 2.26. The molecule has 0 aliphatic carbocycles. The SMILES string of the molecule is O=C(CN1C(=O)Cc2cc(Cl)ccc21)Nc1cccnc1. The Morgan fingerprint density at radius 1 is 1.38 bits per heavy atom. The molecule has 1 aromatic heterocycles. The number of nitrogens with zero attached hydrogens (tertiary/aromatic N) is 2. The van der Waals surface area contributed by atoms with E-state index >= 15 is 0 Å². The van der Waals surface area contributed by atoms with Crippen molar-refractivity contribution < 1.29 is 9.59 Å². The van der Waals surface area contributed by atoms with Gasteiger partial charge in [-0.3, -0.25) is 14.6 Å². The topological polar surface area (TPSA) is 62.3 Å². The first kappa shape index (κ1) is 13.6. The molecule has 0 saturated heterocycles. The summed E-state index contributed by atoms with van der Waals surface area (Å²) < 4.78 is 0. The van der Waals surface area contributed by atoms with Crippen molar-refractivity contribution in [3.05, 3.63) is 53.3 Å². The van der Waals surface area contributed by atoms with Gasteiger partial charge in [0.15, 0.2) is 0 Å². The molecule has 1 aromatic carbocycles. The van der Waals surface area contributed by atoms with Crippen LogP contribution in [0.15, 0.2) is 42.7 Å². The standard InChI is InChI=1S/C15H12ClN3O2/c16-11-3-4-13-10(6-11)7-15(21)19(13)9-14(20)18-12-2-1-5-17-8-12/h1-6,8H,7,9H2,(H,18,20). The summed E-state index contributed by atoms with van der Waals surface area (Å²) in [6.07, 6.45) is 3.45. The fourth-order valence-corrected chi connectivity index (χ4v) is 2.50. The second-order valence-electron chi connectivity index (χ2n) is 4.72. The molecule has 0 saturated carbocycles. The summed E-state index contributed by atoms with van der Waals surface area (Å²) in [6.45, 7) is -0.0254. The molecule has 3 rings (SSSR count). The zero-order chi connectivity index (χ0) is 14.8. The van der Waals surface area contributed by atoms with Crippen molar-refractivity contribution in [2.75, 3.05) is 16.8 Å². The van der Waals surface area contributed by atoms with Crippen molar-refractivity contribution in [1.29, 1.82) is 0 Å². The predicted molar refractivity (Wildman–Crippen MR) is 80.4 cm³/mol. The molecule has 0 spiro atoms. The van der Waals surface area contributed by atoms with Crippen molar-refractivity contribution in [2.45, 2.75) is 6.42 Å². The number of carbonyl (C=O) groups excluding carboxylic acids is 2. The van der Waals surface area contributed by atoms with Crippen molar-refractivity contribution >= 4 is 34.8 Å². The third kappa shape index (κ3) is 2.87. The molecule has 0 atom stereocenters. The minimum atomic E-state index is -0.265. The molecular weight excluding hydrogens is 290 g/mol. The highest BCUT2D eigenvalue weighted by Gasteiger charge is 2.28. The average Bonchev–Trinajstić information content (AvgIpc) is 2.75. The Kier molecular flexibility index (Phi) is 3.58. The van der Waals surface area contributed by atoms with Crippen LogP contribution in [0.25, 0.3) is 0 Å². The maximum atomic E-state index is 12.0. The van der Waals surface area contributed by atoms with Crippen LogP contribution in [0.5, 0.6) is 0 Å². The van der Waals surface area contributed by atoms with E-state index in [0.29, 0.717) is 10.7 Å². The first-order chi connectivity index (χ1) is 10.1. The highest BCUT2D eigenvalue weighted by Crippen LogP contribution is 2.30. The van der Waals surface area contributed by atoms with Crippen LogP contribution >= 0.6 is 11.6 Å². The number of nitrogens with one attached hydrogen (secondary N) is 1. The van der Waals surface area contributed by atoms with Gasteiger partial charge in [-0.1, -0.05) is 11.6 Å². The third-order valence-corrected chi connectivity index (χ3v) is 3.46. The van der Waals surface area contributed by atoms with Crippen molar-refractivity contribution in [3.8, 4) is 0 Å². The van der Waals surface area contributed by atoms with E-state index in [9.17, 15) is 9.59 Å². The minimum absolute atomic E-state index is 0.0254. The van der Waals surface area contributed by atoms with Crippen LogP contribution in [0.1, 0.15) is 5.56 Å². The lowest BCUT2D eigenvalue weighted by Gasteiger charge is -2.17. The Balaban J connectivity index is 1.74. The smallest absolute Gasteiger partial charge is 0.244 e. The summed E-state index contributed by atoms with van der Waals surface area (Å²) >= 11 is 5.92. The highest BCUT2D eigenvalue weighted by molar-refractivity contribution is 6.31. The summed E-state index contributed by atoms with van der Waals surface area (Å²) in [5.74, 6) is -0.368. The lowest BCUT2D eigenvalue weighted by atomic mass is 10.2. The van der Waals surface area contributed by atoms with Gasteiger partial charge in [-0.25, -0.2) is 0 Å². The fraction of sp³-hybridized carbons (Fsp3) is 0.133. The number of halogens is 1. The van der Waals surface area contributed by atoms with Gasteiger partial charge < -0.3 is 10.2 Å². The maximum Gasteiger partial charge on any atom is 0.244 e. The molecule has 6 heteroatoms. The number of rotatable bonds is 3. The molecule has 0 bridgehead atoms. The highest BCUT2D eigenvalue weighted by atomic mass is 35.5. The van der Waals surface area contributed by atoms with E-state index in [1.54, 1.807) is 42.7 Å². The van der Waals surface area contributed by atoms with Crippen LogP contribution in [-0.2, 0) is 16.0 Å². The first-order valence-electron chi connectivity index (χ1n) is 6.42. The van der Waals surface area contributed by atoms with E-state index in [-0.39, 0.29) is 24.8 Å². The van der Waals surface area contributed by atoms with Gasteiger partial charge in [0, 0.05) is 16.9 Å². The maximum absolute atomic E-state index is 12.0. The molecule has 1 aliphatic heterocycles.